The van der Waals surface area contributed by atoms with E-state index in [2.05, 4.69) is 15.9 Å². The number of nitrogens with zero attached hydrogens (tertiary/aromatic N) is 1. The molecule has 1 aromatic carbocycles. The molecule has 1 heterocycles. The van der Waals surface area contributed by atoms with E-state index in [1.54, 1.807) is 18.2 Å². The van der Waals surface area contributed by atoms with Crippen LogP contribution in [0.5, 0.6) is 5.75 Å². The van der Waals surface area contributed by atoms with Crippen LogP contribution >= 0.6 is 15.9 Å². The fourth-order valence-electron chi connectivity index (χ4n) is 1.71. The summed E-state index contributed by atoms with van der Waals surface area (Å²) in [5.74, 6) is 1.32. The molecule has 0 aliphatic heterocycles. The molecule has 0 N–H and O–H groups in total. The summed E-state index contributed by atoms with van der Waals surface area (Å²) < 4.78 is 11.7. The molecule has 0 fully saturated rings. The molecule has 0 saturated carbocycles. The third kappa shape index (κ3) is 3.63. The largest absolute Gasteiger partial charge is 0.484 e. The molecule has 0 aliphatic carbocycles. The lowest BCUT2D eigenvalue weighted by atomic mass is 10.2. The van der Waals surface area contributed by atoms with Gasteiger partial charge >= 0.3 is 0 Å². The van der Waals surface area contributed by atoms with E-state index in [4.69, 9.17) is 9.15 Å². The van der Waals surface area contributed by atoms with E-state index >= 15 is 0 Å². The summed E-state index contributed by atoms with van der Waals surface area (Å²) in [6, 6.07) is 10.9. The van der Waals surface area contributed by atoms with E-state index in [1.165, 1.54) is 0 Å². The number of furan rings is 1. The molecule has 2 aromatic rings. The minimum absolute atomic E-state index is 0.00316. The predicted molar refractivity (Wildman–Crippen MR) is 79.5 cm³/mol. The molecule has 106 valence electrons. The van der Waals surface area contributed by atoms with Gasteiger partial charge in [-0.3, -0.25) is 4.79 Å². The highest BCUT2D eigenvalue weighted by Gasteiger charge is 2.19. The standard InChI is InChI=1S/C15H16BrNO3/c1-11(14-4-3-9-19-14)17(2)15(18)10-20-13-7-5-12(16)6-8-13/h3-9,11H,10H2,1-2H3. The maximum Gasteiger partial charge on any atom is 0.260 e. The van der Waals surface area contributed by atoms with Crippen LogP contribution in [-0.2, 0) is 4.79 Å². The Morgan fingerprint density at radius 3 is 2.65 bits per heavy atom. The first-order valence-electron chi connectivity index (χ1n) is 6.25. The Balaban J connectivity index is 1.89. The van der Waals surface area contributed by atoms with Crippen LogP contribution < -0.4 is 4.74 Å². The molecule has 0 spiro atoms. The van der Waals surface area contributed by atoms with Gasteiger partial charge in [0.25, 0.3) is 5.91 Å². The Morgan fingerprint density at radius 1 is 1.35 bits per heavy atom. The van der Waals surface area contributed by atoms with Crippen molar-refractivity contribution in [2.24, 2.45) is 0 Å². The molecule has 1 unspecified atom stereocenters. The van der Waals surface area contributed by atoms with Crippen molar-refractivity contribution in [3.05, 3.63) is 52.9 Å². The van der Waals surface area contributed by atoms with Crippen LogP contribution in [0, 0.1) is 0 Å². The molecule has 1 aromatic heterocycles. The highest BCUT2D eigenvalue weighted by molar-refractivity contribution is 9.10. The number of rotatable bonds is 5. The maximum atomic E-state index is 12.1. The average molecular weight is 338 g/mol. The smallest absolute Gasteiger partial charge is 0.260 e. The summed E-state index contributed by atoms with van der Waals surface area (Å²) in [4.78, 5) is 13.7. The molecule has 1 atom stereocenters. The second-order valence-electron chi connectivity index (χ2n) is 4.44. The van der Waals surface area contributed by atoms with Gasteiger partial charge in [0.05, 0.1) is 12.3 Å². The van der Waals surface area contributed by atoms with Gasteiger partial charge in [0.2, 0.25) is 0 Å². The van der Waals surface area contributed by atoms with Gasteiger partial charge < -0.3 is 14.1 Å². The second kappa shape index (κ2) is 6.61. The number of hydrogen-bond acceptors (Lipinski definition) is 3. The number of amides is 1. The van der Waals surface area contributed by atoms with E-state index in [-0.39, 0.29) is 18.6 Å². The molecule has 0 saturated heterocycles. The lowest BCUT2D eigenvalue weighted by Gasteiger charge is -2.23. The van der Waals surface area contributed by atoms with Crippen molar-refractivity contribution >= 4 is 21.8 Å². The Morgan fingerprint density at radius 2 is 2.05 bits per heavy atom. The summed E-state index contributed by atoms with van der Waals surface area (Å²) in [6.45, 7) is 1.92. The molecule has 1 amide bonds. The quantitative estimate of drug-likeness (QED) is 0.836. The third-order valence-corrected chi connectivity index (χ3v) is 3.63. The SMILES string of the molecule is CC(c1ccco1)N(C)C(=O)COc1ccc(Br)cc1. The summed E-state index contributed by atoms with van der Waals surface area (Å²) in [5.41, 5.74) is 0. The molecular formula is C15H16BrNO3. The first-order valence-corrected chi connectivity index (χ1v) is 7.04. The molecular weight excluding hydrogens is 322 g/mol. The lowest BCUT2D eigenvalue weighted by molar-refractivity contribution is -0.134. The number of carbonyl (C=O) groups is 1. The van der Waals surface area contributed by atoms with Crippen LogP contribution in [0.25, 0.3) is 0 Å². The molecule has 0 aliphatic rings. The van der Waals surface area contributed by atoms with Gasteiger partial charge in [-0.2, -0.15) is 0 Å². The lowest BCUT2D eigenvalue weighted by Crippen LogP contribution is -2.33. The Labute approximate surface area is 126 Å². The summed E-state index contributed by atoms with van der Waals surface area (Å²) >= 11 is 3.35. The van der Waals surface area contributed by atoms with E-state index in [0.717, 1.165) is 10.2 Å². The number of hydrogen-bond donors (Lipinski definition) is 0. The van der Waals surface area contributed by atoms with Crippen LogP contribution in [0.4, 0.5) is 0 Å². The van der Waals surface area contributed by atoms with Crippen molar-refractivity contribution in [1.29, 1.82) is 0 Å². The second-order valence-corrected chi connectivity index (χ2v) is 5.35. The van der Waals surface area contributed by atoms with Gasteiger partial charge in [0.15, 0.2) is 6.61 Å². The first-order chi connectivity index (χ1) is 9.58. The Hall–Kier alpha value is -1.75. The summed E-state index contributed by atoms with van der Waals surface area (Å²) in [6.07, 6.45) is 1.60. The topological polar surface area (TPSA) is 42.7 Å². The van der Waals surface area contributed by atoms with Gasteiger partial charge in [0, 0.05) is 11.5 Å². The first kappa shape index (κ1) is 14.7. The number of likely N-dealkylation sites (N-methyl/N-ethyl adjacent to an activating group) is 1. The van der Waals surface area contributed by atoms with Crippen LogP contribution in [0.1, 0.15) is 18.7 Å². The zero-order valence-electron chi connectivity index (χ0n) is 11.4. The van der Waals surface area contributed by atoms with Crippen LogP contribution in [0.3, 0.4) is 0 Å². The molecule has 4 nitrogen and oxygen atoms in total. The highest BCUT2D eigenvalue weighted by Crippen LogP contribution is 2.20. The third-order valence-electron chi connectivity index (χ3n) is 3.11. The van der Waals surface area contributed by atoms with E-state index < -0.39 is 0 Å². The zero-order chi connectivity index (χ0) is 14.5. The van der Waals surface area contributed by atoms with Crippen LogP contribution in [0.2, 0.25) is 0 Å². The van der Waals surface area contributed by atoms with Crippen molar-refractivity contribution in [3.63, 3.8) is 0 Å². The molecule has 5 heteroatoms. The van der Waals surface area contributed by atoms with Crippen LogP contribution in [0.15, 0.2) is 51.6 Å². The van der Waals surface area contributed by atoms with Crippen molar-refractivity contribution in [2.45, 2.75) is 13.0 Å². The molecule has 2 rings (SSSR count). The van der Waals surface area contributed by atoms with E-state index in [0.29, 0.717) is 5.75 Å². The normalized spacial score (nSPS) is 11.9. The maximum absolute atomic E-state index is 12.1. The monoisotopic (exact) mass is 337 g/mol. The van der Waals surface area contributed by atoms with Crippen molar-refractivity contribution in [2.75, 3.05) is 13.7 Å². The number of ether oxygens (including phenoxy) is 1. The number of carbonyl (C=O) groups excluding carboxylic acids is 1. The van der Waals surface area contributed by atoms with Crippen molar-refractivity contribution < 1.29 is 13.9 Å². The van der Waals surface area contributed by atoms with E-state index in [1.807, 2.05) is 43.3 Å². The highest BCUT2D eigenvalue weighted by atomic mass is 79.9. The fourth-order valence-corrected chi connectivity index (χ4v) is 1.98. The Bertz CT molecular complexity index is 551. The zero-order valence-corrected chi connectivity index (χ0v) is 13.0. The van der Waals surface area contributed by atoms with Gasteiger partial charge in [0.1, 0.15) is 11.5 Å². The number of benzene rings is 1. The molecule has 0 bridgehead atoms. The fraction of sp³-hybridized carbons (Fsp3) is 0.267. The minimum atomic E-state index is -0.119. The van der Waals surface area contributed by atoms with E-state index in [9.17, 15) is 4.79 Å². The van der Waals surface area contributed by atoms with Gasteiger partial charge in [-0.15, -0.1) is 0 Å². The predicted octanol–water partition coefficient (Wildman–Crippen LogP) is 3.64. The van der Waals surface area contributed by atoms with Crippen molar-refractivity contribution in [1.82, 2.24) is 4.90 Å². The van der Waals surface area contributed by atoms with Gasteiger partial charge in [-0.1, -0.05) is 15.9 Å². The molecule has 0 radical (unpaired) electrons. The molecule has 20 heavy (non-hydrogen) atoms. The minimum Gasteiger partial charge on any atom is -0.484 e. The Kier molecular flexibility index (Phi) is 4.84. The summed E-state index contributed by atoms with van der Waals surface area (Å²) in [5, 5.41) is 0. The summed E-state index contributed by atoms with van der Waals surface area (Å²) in [7, 11) is 1.74. The van der Waals surface area contributed by atoms with Gasteiger partial charge in [-0.05, 0) is 43.3 Å². The number of halogens is 1. The van der Waals surface area contributed by atoms with Gasteiger partial charge in [-0.25, -0.2) is 0 Å². The van der Waals surface area contributed by atoms with Crippen LogP contribution in [-0.4, -0.2) is 24.5 Å². The average Bonchev–Trinajstić information content (AvgIpc) is 2.99. The van der Waals surface area contributed by atoms with Crippen molar-refractivity contribution in [3.8, 4) is 5.75 Å².